The lowest BCUT2D eigenvalue weighted by molar-refractivity contribution is -0.0349. The van der Waals surface area contributed by atoms with Gasteiger partial charge in [0.1, 0.15) is 17.7 Å². The zero-order valence-electron chi connectivity index (χ0n) is 17.7. The number of morpholine rings is 1. The zero-order valence-corrected chi connectivity index (χ0v) is 17.7. The third-order valence-corrected chi connectivity index (χ3v) is 5.22. The van der Waals surface area contributed by atoms with Gasteiger partial charge in [0, 0.05) is 51.7 Å². The molecule has 1 fully saturated rings. The van der Waals surface area contributed by atoms with Gasteiger partial charge in [0.25, 0.3) is 0 Å². The van der Waals surface area contributed by atoms with Gasteiger partial charge in [-0.1, -0.05) is 12.1 Å². The Bertz CT molecular complexity index is 975. The number of hydrogen-bond acceptors (Lipinski definition) is 7. The Morgan fingerprint density at radius 2 is 1.93 bits per heavy atom. The topological polar surface area (TPSA) is 66.4 Å². The van der Waals surface area contributed by atoms with Crippen LogP contribution in [0.2, 0.25) is 0 Å². The summed E-state index contributed by atoms with van der Waals surface area (Å²) in [7, 11) is 4.06. The normalized spacial score (nSPS) is 17.0. The molecule has 0 saturated carbocycles. The van der Waals surface area contributed by atoms with Crippen LogP contribution < -0.4 is 10.2 Å². The minimum atomic E-state index is -0.0381. The summed E-state index contributed by atoms with van der Waals surface area (Å²) < 4.78 is 6.02. The summed E-state index contributed by atoms with van der Waals surface area (Å²) in [6.45, 7) is 5.28. The van der Waals surface area contributed by atoms with Gasteiger partial charge in [-0.05, 0) is 36.8 Å². The Morgan fingerprint density at radius 3 is 2.70 bits per heavy atom. The number of aryl methyl sites for hydroxylation is 1. The van der Waals surface area contributed by atoms with Crippen LogP contribution in [0.5, 0.6) is 0 Å². The van der Waals surface area contributed by atoms with E-state index in [0.29, 0.717) is 6.61 Å². The van der Waals surface area contributed by atoms with Crippen molar-refractivity contribution in [2.45, 2.75) is 19.6 Å². The van der Waals surface area contributed by atoms with Crippen molar-refractivity contribution >= 4 is 17.3 Å². The maximum Gasteiger partial charge on any atom is 0.133 e. The summed E-state index contributed by atoms with van der Waals surface area (Å²) in [4.78, 5) is 18.0. The third kappa shape index (κ3) is 4.75. The molecular weight excluding hydrogens is 376 g/mol. The van der Waals surface area contributed by atoms with Gasteiger partial charge in [-0.25, -0.2) is 9.97 Å². The Morgan fingerprint density at radius 1 is 1.10 bits per heavy atom. The molecule has 1 unspecified atom stereocenters. The quantitative estimate of drug-likeness (QED) is 0.674. The van der Waals surface area contributed by atoms with E-state index in [2.05, 4.69) is 36.1 Å². The second-order valence-electron chi connectivity index (χ2n) is 7.74. The maximum absolute atomic E-state index is 6.02. The predicted octanol–water partition coefficient (Wildman–Crippen LogP) is 3.56. The lowest BCUT2D eigenvalue weighted by Gasteiger charge is -2.33. The lowest BCUT2D eigenvalue weighted by Crippen LogP contribution is -2.38. The molecule has 1 atom stereocenters. The highest BCUT2D eigenvalue weighted by molar-refractivity contribution is 5.57. The van der Waals surface area contributed by atoms with E-state index in [1.54, 1.807) is 6.20 Å². The summed E-state index contributed by atoms with van der Waals surface area (Å²) in [6.07, 6.45) is 5.43. The molecule has 4 rings (SSSR count). The van der Waals surface area contributed by atoms with Gasteiger partial charge in [-0.15, -0.1) is 0 Å². The van der Waals surface area contributed by atoms with Crippen LogP contribution in [0.25, 0.3) is 0 Å². The van der Waals surface area contributed by atoms with Crippen LogP contribution in [0.1, 0.15) is 22.9 Å². The fourth-order valence-corrected chi connectivity index (χ4v) is 3.65. The molecule has 1 aliphatic heterocycles. The third-order valence-electron chi connectivity index (χ3n) is 5.22. The summed E-state index contributed by atoms with van der Waals surface area (Å²) >= 11 is 0. The Labute approximate surface area is 177 Å². The zero-order chi connectivity index (χ0) is 20.9. The standard InChI is InChI=1S/C23H28N6O/c1-17-6-4-10-24-22(17)27-19-8-9-20(26-14-19)21-16-29(12-13-30-21)15-18-7-5-11-25-23(18)28(2)3/h4-11,14,21H,12-13,15-16H2,1-3H3,(H,24,27). The van der Waals surface area contributed by atoms with Crippen LogP contribution >= 0.6 is 0 Å². The maximum atomic E-state index is 6.02. The largest absolute Gasteiger partial charge is 0.369 e. The summed E-state index contributed by atoms with van der Waals surface area (Å²) in [5.41, 5.74) is 4.18. The first-order valence-corrected chi connectivity index (χ1v) is 10.2. The minimum Gasteiger partial charge on any atom is -0.369 e. The molecule has 0 aliphatic carbocycles. The Balaban J connectivity index is 1.42. The van der Waals surface area contributed by atoms with Crippen molar-refractivity contribution in [3.8, 4) is 0 Å². The van der Waals surface area contributed by atoms with E-state index in [0.717, 1.165) is 48.2 Å². The monoisotopic (exact) mass is 404 g/mol. The molecular formula is C23H28N6O. The molecule has 7 heteroatoms. The summed E-state index contributed by atoms with van der Waals surface area (Å²) in [5, 5.41) is 3.32. The van der Waals surface area contributed by atoms with E-state index in [9.17, 15) is 0 Å². The highest BCUT2D eigenvalue weighted by Gasteiger charge is 2.24. The van der Waals surface area contributed by atoms with E-state index in [1.165, 1.54) is 5.56 Å². The van der Waals surface area contributed by atoms with Crippen molar-refractivity contribution in [3.05, 3.63) is 71.8 Å². The first kappa shape index (κ1) is 20.3. The van der Waals surface area contributed by atoms with Crippen LogP contribution in [0.3, 0.4) is 0 Å². The van der Waals surface area contributed by atoms with Crippen molar-refractivity contribution in [2.24, 2.45) is 0 Å². The predicted molar refractivity (Wildman–Crippen MR) is 119 cm³/mol. The van der Waals surface area contributed by atoms with Gasteiger partial charge < -0.3 is 15.0 Å². The van der Waals surface area contributed by atoms with E-state index in [-0.39, 0.29) is 6.10 Å². The van der Waals surface area contributed by atoms with Crippen LogP contribution in [-0.2, 0) is 11.3 Å². The smallest absolute Gasteiger partial charge is 0.133 e. The molecule has 4 heterocycles. The lowest BCUT2D eigenvalue weighted by atomic mass is 10.1. The molecule has 0 radical (unpaired) electrons. The van der Waals surface area contributed by atoms with Gasteiger partial charge in [0.05, 0.1) is 24.2 Å². The molecule has 0 bridgehead atoms. The van der Waals surface area contributed by atoms with E-state index >= 15 is 0 Å². The molecule has 1 aliphatic rings. The van der Waals surface area contributed by atoms with Crippen LogP contribution in [0, 0.1) is 6.92 Å². The van der Waals surface area contributed by atoms with Crippen LogP contribution in [-0.4, -0.2) is 53.6 Å². The molecule has 0 amide bonds. The second-order valence-corrected chi connectivity index (χ2v) is 7.74. The molecule has 156 valence electrons. The number of hydrogen-bond donors (Lipinski definition) is 1. The average Bonchev–Trinajstić information content (AvgIpc) is 2.76. The van der Waals surface area contributed by atoms with Crippen molar-refractivity contribution < 1.29 is 4.74 Å². The van der Waals surface area contributed by atoms with Crippen LogP contribution in [0.15, 0.2) is 55.0 Å². The average molecular weight is 405 g/mol. The fourth-order valence-electron chi connectivity index (χ4n) is 3.65. The summed E-state index contributed by atoms with van der Waals surface area (Å²) in [6, 6.07) is 12.2. The number of aromatic nitrogens is 3. The Hall–Kier alpha value is -3.03. The number of pyridine rings is 3. The van der Waals surface area contributed by atoms with Gasteiger partial charge >= 0.3 is 0 Å². The number of anilines is 3. The van der Waals surface area contributed by atoms with E-state index < -0.39 is 0 Å². The molecule has 0 spiro atoms. The fraction of sp³-hybridized carbons (Fsp3) is 0.348. The second kappa shape index (κ2) is 9.19. The molecule has 3 aromatic rings. The van der Waals surface area contributed by atoms with E-state index in [4.69, 9.17) is 4.74 Å². The van der Waals surface area contributed by atoms with Gasteiger partial charge in [-0.2, -0.15) is 0 Å². The first-order valence-electron chi connectivity index (χ1n) is 10.2. The number of nitrogens with one attached hydrogen (secondary N) is 1. The van der Waals surface area contributed by atoms with Crippen molar-refractivity contribution in [1.82, 2.24) is 19.9 Å². The number of nitrogens with zero attached hydrogens (tertiary/aromatic N) is 5. The molecule has 1 saturated heterocycles. The van der Waals surface area contributed by atoms with E-state index in [1.807, 2.05) is 63.7 Å². The summed E-state index contributed by atoms with van der Waals surface area (Å²) in [5.74, 6) is 1.86. The molecule has 1 N–H and O–H groups in total. The van der Waals surface area contributed by atoms with Gasteiger partial charge in [0.15, 0.2) is 0 Å². The first-order chi connectivity index (χ1) is 14.6. The highest BCUT2D eigenvalue weighted by Crippen LogP contribution is 2.25. The van der Waals surface area contributed by atoms with Gasteiger partial charge in [0.2, 0.25) is 0 Å². The number of ether oxygens (including phenoxy) is 1. The molecule has 0 aromatic carbocycles. The molecule has 3 aromatic heterocycles. The van der Waals surface area contributed by atoms with Crippen molar-refractivity contribution in [2.75, 3.05) is 44.0 Å². The van der Waals surface area contributed by atoms with Crippen molar-refractivity contribution in [3.63, 3.8) is 0 Å². The minimum absolute atomic E-state index is 0.0381. The highest BCUT2D eigenvalue weighted by atomic mass is 16.5. The van der Waals surface area contributed by atoms with Crippen molar-refractivity contribution in [1.29, 1.82) is 0 Å². The molecule has 30 heavy (non-hydrogen) atoms. The van der Waals surface area contributed by atoms with Crippen LogP contribution in [0.4, 0.5) is 17.3 Å². The SMILES string of the molecule is Cc1cccnc1Nc1ccc(C2CN(Cc3cccnc3N(C)C)CCO2)nc1. The molecule has 7 nitrogen and oxygen atoms in total. The number of rotatable bonds is 6. The Kier molecular flexibility index (Phi) is 6.21. The van der Waals surface area contributed by atoms with Gasteiger partial charge in [-0.3, -0.25) is 9.88 Å².